The number of carbonyl (C=O) groups excluding carboxylic acids is 1. The maximum absolute atomic E-state index is 11.5. The SMILES string of the molecule is CCOc1ccccc1OC1CCCN(c2ccc(C(=O)OC)cn2)C1. The van der Waals surface area contributed by atoms with E-state index < -0.39 is 0 Å². The third kappa shape index (κ3) is 4.25. The first kappa shape index (κ1) is 18.0. The predicted molar refractivity (Wildman–Crippen MR) is 99.1 cm³/mol. The Balaban J connectivity index is 1.67. The number of rotatable bonds is 6. The number of para-hydroxylation sites is 2. The van der Waals surface area contributed by atoms with Crippen LogP contribution in [0.3, 0.4) is 0 Å². The number of esters is 1. The van der Waals surface area contributed by atoms with Gasteiger partial charge in [0, 0.05) is 12.7 Å². The molecular formula is C20H24N2O4. The first-order valence-electron chi connectivity index (χ1n) is 8.89. The molecule has 1 fully saturated rings. The number of pyridine rings is 1. The number of ether oxygens (including phenoxy) is 3. The first-order chi connectivity index (χ1) is 12.7. The van der Waals surface area contributed by atoms with Gasteiger partial charge in [0.15, 0.2) is 11.5 Å². The number of piperidine rings is 1. The second-order valence-electron chi connectivity index (χ2n) is 6.10. The fourth-order valence-electron chi connectivity index (χ4n) is 3.06. The summed E-state index contributed by atoms with van der Waals surface area (Å²) in [4.78, 5) is 18.1. The molecule has 2 aromatic rings. The van der Waals surface area contributed by atoms with E-state index in [9.17, 15) is 4.79 Å². The standard InChI is InChI=1S/C20H24N2O4/c1-3-25-17-8-4-5-9-18(17)26-16-7-6-12-22(14-16)19-11-10-15(13-21-19)20(23)24-2/h4-5,8-11,13,16H,3,6-7,12,14H2,1-2H3. The Labute approximate surface area is 153 Å². The Morgan fingerprint density at radius 1 is 1.23 bits per heavy atom. The van der Waals surface area contributed by atoms with E-state index in [1.54, 1.807) is 12.3 Å². The van der Waals surface area contributed by atoms with Crippen molar-refractivity contribution in [3.8, 4) is 11.5 Å². The molecule has 0 bridgehead atoms. The molecule has 3 rings (SSSR count). The molecule has 1 aliphatic heterocycles. The van der Waals surface area contributed by atoms with E-state index in [2.05, 4.69) is 9.88 Å². The molecule has 0 radical (unpaired) electrons. The van der Waals surface area contributed by atoms with E-state index in [-0.39, 0.29) is 12.1 Å². The number of hydrogen-bond acceptors (Lipinski definition) is 6. The monoisotopic (exact) mass is 356 g/mol. The van der Waals surface area contributed by atoms with E-state index in [1.165, 1.54) is 7.11 Å². The van der Waals surface area contributed by atoms with Crippen molar-refractivity contribution in [2.75, 3.05) is 31.7 Å². The van der Waals surface area contributed by atoms with Crippen molar-refractivity contribution in [1.82, 2.24) is 4.98 Å². The summed E-state index contributed by atoms with van der Waals surface area (Å²) in [5.41, 5.74) is 0.451. The minimum atomic E-state index is -0.378. The smallest absolute Gasteiger partial charge is 0.339 e. The molecule has 2 heterocycles. The summed E-state index contributed by atoms with van der Waals surface area (Å²) in [7, 11) is 1.36. The predicted octanol–water partition coefficient (Wildman–Crippen LogP) is 3.31. The number of benzene rings is 1. The zero-order valence-electron chi connectivity index (χ0n) is 15.2. The van der Waals surface area contributed by atoms with Crippen molar-refractivity contribution < 1.29 is 19.0 Å². The van der Waals surface area contributed by atoms with Gasteiger partial charge in [-0.2, -0.15) is 0 Å². The minimum Gasteiger partial charge on any atom is -0.490 e. The molecule has 1 aromatic carbocycles. The van der Waals surface area contributed by atoms with Gasteiger partial charge in [0.2, 0.25) is 0 Å². The van der Waals surface area contributed by atoms with Crippen LogP contribution in [0.15, 0.2) is 42.6 Å². The number of nitrogens with zero attached hydrogens (tertiary/aromatic N) is 2. The van der Waals surface area contributed by atoms with Crippen LogP contribution in [-0.2, 0) is 4.74 Å². The normalized spacial score (nSPS) is 16.8. The fraction of sp³-hybridized carbons (Fsp3) is 0.400. The summed E-state index contributed by atoms with van der Waals surface area (Å²) >= 11 is 0. The van der Waals surface area contributed by atoms with Crippen LogP contribution in [0.5, 0.6) is 11.5 Å². The number of hydrogen-bond donors (Lipinski definition) is 0. The number of anilines is 1. The molecule has 6 nitrogen and oxygen atoms in total. The van der Waals surface area contributed by atoms with E-state index in [0.29, 0.717) is 12.2 Å². The summed E-state index contributed by atoms with van der Waals surface area (Å²) in [5.74, 6) is 2.00. The third-order valence-electron chi connectivity index (χ3n) is 4.31. The average molecular weight is 356 g/mol. The molecule has 1 aliphatic rings. The Morgan fingerprint density at radius 3 is 2.73 bits per heavy atom. The maximum atomic E-state index is 11.5. The molecule has 26 heavy (non-hydrogen) atoms. The zero-order chi connectivity index (χ0) is 18.4. The lowest BCUT2D eigenvalue weighted by molar-refractivity contribution is 0.0600. The third-order valence-corrected chi connectivity index (χ3v) is 4.31. The maximum Gasteiger partial charge on any atom is 0.339 e. The highest BCUT2D eigenvalue weighted by atomic mass is 16.5. The van der Waals surface area contributed by atoms with Crippen LogP contribution in [0.2, 0.25) is 0 Å². The molecular weight excluding hydrogens is 332 g/mol. The number of aromatic nitrogens is 1. The van der Waals surface area contributed by atoms with Crippen LogP contribution in [-0.4, -0.2) is 43.9 Å². The second kappa shape index (κ2) is 8.56. The molecule has 1 saturated heterocycles. The second-order valence-corrected chi connectivity index (χ2v) is 6.10. The quantitative estimate of drug-likeness (QED) is 0.740. The van der Waals surface area contributed by atoms with Gasteiger partial charge in [0.1, 0.15) is 11.9 Å². The van der Waals surface area contributed by atoms with Crippen molar-refractivity contribution in [2.45, 2.75) is 25.9 Å². The molecule has 1 aromatic heterocycles. The molecule has 0 amide bonds. The van der Waals surface area contributed by atoms with Gasteiger partial charge >= 0.3 is 5.97 Å². The van der Waals surface area contributed by atoms with E-state index in [1.807, 2.05) is 37.3 Å². The zero-order valence-corrected chi connectivity index (χ0v) is 15.2. The van der Waals surface area contributed by atoms with Gasteiger partial charge in [0.25, 0.3) is 0 Å². The minimum absolute atomic E-state index is 0.0624. The van der Waals surface area contributed by atoms with Gasteiger partial charge in [0.05, 0.1) is 25.8 Å². The van der Waals surface area contributed by atoms with E-state index in [0.717, 1.165) is 43.2 Å². The van der Waals surface area contributed by atoms with E-state index in [4.69, 9.17) is 14.2 Å². The highest BCUT2D eigenvalue weighted by Gasteiger charge is 2.23. The summed E-state index contributed by atoms with van der Waals surface area (Å²) in [6, 6.07) is 11.3. The van der Waals surface area contributed by atoms with Gasteiger partial charge in [-0.1, -0.05) is 12.1 Å². The van der Waals surface area contributed by atoms with Gasteiger partial charge in [-0.15, -0.1) is 0 Å². The van der Waals surface area contributed by atoms with Crippen LogP contribution in [0, 0.1) is 0 Å². The average Bonchev–Trinajstić information content (AvgIpc) is 2.69. The largest absolute Gasteiger partial charge is 0.490 e. The van der Waals surface area contributed by atoms with Gasteiger partial charge in [-0.25, -0.2) is 9.78 Å². The van der Waals surface area contributed by atoms with Gasteiger partial charge in [-0.05, 0) is 44.0 Å². The molecule has 6 heteroatoms. The fourth-order valence-corrected chi connectivity index (χ4v) is 3.06. The molecule has 0 N–H and O–H groups in total. The Morgan fingerprint density at radius 2 is 2.04 bits per heavy atom. The lowest BCUT2D eigenvalue weighted by atomic mass is 10.1. The molecule has 1 atom stereocenters. The number of carbonyl (C=O) groups is 1. The molecule has 0 spiro atoms. The van der Waals surface area contributed by atoms with E-state index >= 15 is 0 Å². The van der Waals surface area contributed by atoms with Crippen molar-refractivity contribution >= 4 is 11.8 Å². The van der Waals surface area contributed by atoms with Crippen LogP contribution >= 0.6 is 0 Å². The van der Waals surface area contributed by atoms with Crippen molar-refractivity contribution in [3.05, 3.63) is 48.2 Å². The molecule has 0 aliphatic carbocycles. The van der Waals surface area contributed by atoms with Crippen LogP contribution < -0.4 is 14.4 Å². The first-order valence-corrected chi connectivity index (χ1v) is 8.89. The Bertz CT molecular complexity index is 733. The van der Waals surface area contributed by atoms with Crippen molar-refractivity contribution in [1.29, 1.82) is 0 Å². The van der Waals surface area contributed by atoms with Crippen molar-refractivity contribution in [2.24, 2.45) is 0 Å². The lowest BCUT2D eigenvalue weighted by Gasteiger charge is -2.34. The summed E-state index contributed by atoms with van der Waals surface area (Å²) < 4.78 is 16.6. The molecule has 138 valence electrons. The summed E-state index contributed by atoms with van der Waals surface area (Å²) in [6.07, 6.45) is 3.61. The van der Waals surface area contributed by atoms with Crippen LogP contribution in [0.4, 0.5) is 5.82 Å². The Hall–Kier alpha value is -2.76. The van der Waals surface area contributed by atoms with Gasteiger partial charge in [-0.3, -0.25) is 0 Å². The Kier molecular flexibility index (Phi) is 5.94. The van der Waals surface area contributed by atoms with Crippen molar-refractivity contribution in [3.63, 3.8) is 0 Å². The lowest BCUT2D eigenvalue weighted by Crippen LogP contribution is -2.41. The number of methoxy groups -OCH3 is 1. The van der Waals surface area contributed by atoms with Crippen LogP contribution in [0.1, 0.15) is 30.1 Å². The topological polar surface area (TPSA) is 60.9 Å². The summed E-state index contributed by atoms with van der Waals surface area (Å²) in [6.45, 7) is 4.22. The molecule has 0 saturated carbocycles. The summed E-state index contributed by atoms with van der Waals surface area (Å²) in [5, 5.41) is 0. The highest BCUT2D eigenvalue weighted by molar-refractivity contribution is 5.89. The molecule has 1 unspecified atom stereocenters. The van der Waals surface area contributed by atoms with Crippen LogP contribution in [0.25, 0.3) is 0 Å². The van der Waals surface area contributed by atoms with Gasteiger partial charge < -0.3 is 19.1 Å². The highest BCUT2D eigenvalue weighted by Crippen LogP contribution is 2.29.